The van der Waals surface area contributed by atoms with E-state index in [-0.39, 0.29) is 5.41 Å². The van der Waals surface area contributed by atoms with Gasteiger partial charge in [-0.3, -0.25) is 4.68 Å². The molecule has 1 aliphatic carbocycles. The van der Waals surface area contributed by atoms with E-state index < -0.39 is 0 Å². The van der Waals surface area contributed by atoms with Crippen molar-refractivity contribution in [1.82, 2.24) is 15.1 Å². The molecule has 1 saturated carbocycles. The molecule has 0 saturated heterocycles. The highest BCUT2D eigenvalue weighted by Crippen LogP contribution is 2.44. The van der Waals surface area contributed by atoms with Gasteiger partial charge in [0.25, 0.3) is 0 Å². The lowest BCUT2D eigenvalue weighted by molar-refractivity contribution is 0.143. The van der Waals surface area contributed by atoms with E-state index in [0.29, 0.717) is 12.0 Å². The van der Waals surface area contributed by atoms with Crippen molar-refractivity contribution in [2.75, 3.05) is 14.2 Å². The molecule has 1 aromatic heterocycles. The van der Waals surface area contributed by atoms with Gasteiger partial charge in [0.1, 0.15) is 0 Å². The number of aryl methyl sites for hydroxylation is 1. The Bertz CT molecular complexity index is 453. The Labute approximate surface area is 122 Å². The van der Waals surface area contributed by atoms with E-state index in [0.717, 1.165) is 11.7 Å². The molecule has 0 amide bonds. The molecule has 1 fully saturated rings. The SMILES string of the molecule is CNC1CC(C)CCC1C(C)(C)c1c(OC)cnn1C. The summed E-state index contributed by atoms with van der Waals surface area (Å²) in [6.45, 7) is 7.02. The van der Waals surface area contributed by atoms with E-state index in [1.54, 1.807) is 7.11 Å². The van der Waals surface area contributed by atoms with Crippen molar-refractivity contribution in [3.8, 4) is 5.75 Å². The molecule has 0 spiro atoms. The fraction of sp³-hybridized carbons (Fsp3) is 0.812. The van der Waals surface area contributed by atoms with Crippen molar-refractivity contribution < 1.29 is 4.74 Å². The quantitative estimate of drug-likeness (QED) is 0.921. The van der Waals surface area contributed by atoms with E-state index in [4.69, 9.17) is 4.74 Å². The van der Waals surface area contributed by atoms with Gasteiger partial charge in [-0.1, -0.05) is 27.2 Å². The van der Waals surface area contributed by atoms with Crippen LogP contribution in [-0.2, 0) is 12.5 Å². The smallest absolute Gasteiger partial charge is 0.160 e. The molecule has 114 valence electrons. The van der Waals surface area contributed by atoms with Crippen LogP contribution in [0.3, 0.4) is 0 Å². The molecule has 1 aromatic rings. The highest BCUT2D eigenvalue weighted by molar-refractivity contribution is 5.33. The third-order valence-corrected chi connectivity index (χ3v) is 5.15. The third kappa shape index (κ3) is 2.58. The standard InChI is InChI=1S/C16H29N3O/c1-11-7-8-12(13(9-11)17-4)16(2,3)15-14(20-6)10-18-19(15)5/h10-13,17H,7-9H2,1-6H3. The van der Waals surface area contributed by atoms with Crippen LogP contribution >= 0.6 is 0 Å². The first kappa shape index (κ1) is 15.4. The Morgan fingerprint density at radius 1 is 1.40 bits per heavy atom. The van der Waals surface area contributed by atoms with Crippen molar-refractivity contribution >= 4 is 0 Å². The minimum absolute atomic E-state index is 0.0460. The zero-order chi connectivity index (χ0) is 14.9. The first-order valence-corrected chi connectivity index (χ1v) is 7.65. The van der Waals surface area contributed by atoms with Crippen LogP contribution in [0.15, 0.2) is 6.20 Å². The van der Waals surface area contributed by atoms with Crippen LogP contribution in [-0.4, -0.2) is 30.0 Å². The fourth-order valence-electron chi connectivity index (χ4n) is 4.04. The average molecular weight is 279 g/mol. The number of methoxy groups -OCH3 is 1. The molecule has 0 aliphatic heterocycles. The van der Waals surface area contributed by atoms with Gasteiger partial charge in [0, 0.05) is 18.5 Å². The maximum Gasteiger partial charge on any atom is 0.160 e. The molecule has 4 heteroatoms. The van der Waals surface area contributed by atoms with Crippen LogP contribution < -0.4 is 10.1 Å². The summed E-state index contributed by atoms with van der Waals surface area (Å²) in [6.07, 6.45) is 5.65. The number of hydrogen-bond donors (Lipinski definition) is 1. The Kier molecular flexibility index (Phi) is 4.43. The monoisotopic (exact) mass is 279 g/mol. The molecule has 0 aromatic carbocycles. The molecule has 0 bridgehead atoms. The summed E-state index contributed by atoms with van der Waals surface area (Å²) in [5.41, 5.74) is 1.25. The maximum absolute atomic E-state index is 5.53. The van der Waals surface area contributed by atoms with E-state index in [9.17, 15) is 0 Å². The average Bonchev–Trinajstić information content (AvgIpc) is 2.80. The number of ether oxygens (including phenoxy) is 1. The van der Waals surface area contributed by atoms with Gasteiger partial charge in [0.2, 0.25) is 0 Å². The second-order valence-corrected chi connectivity index (χ2v) is 6.83. The Morgan fingerprint density at radius 3 is 2.70 bits per heavy atom. The largest absolute Gasteiger partial charge is 0.493 e. The molecular weight excluding hydrogens is 250 g/mol. The minimum atomic E-state index is 0.0460. The second-order valence-electron chi connectivity index (χ2n) is 6.83. The summed E-state index contributed by atoms with van der Waals surface area (Å²) in [7, 11) is 5.83. The van der Waals surface area contributed by atoms with Gasteiger partial charge in [-0.05, 0) is 31.7 Å². The number of nitrogens with zero attached hydrogens (tertiary/aromatic N) is 2. The number of aromatic nitrogens is 2. The topological polar surface area (TPSA) is 39.1 Å². The Hall–Kier alpha value is -1.03. The summed E-state index contributed by atoms with van der Waals surface area (Å²) < 4.78 is 7.51. The summed E-state index contributed by atoms with van der Waals surface area (Å²) in [5, 5.41) is 7.92. The lowest BCUT2D eigenvalue weighted by Gasteiger charge is -2.44. The summed E-state index contributed by atoms with van der Waals surface area (Å²) in [6, 6.07) is 0.563. The molecule has 1 heterocycles. The van der Waals surface area contributed by atoms with Crippen molar-refractivity contribution in [1.29, 1.82) is 0 Å². The predicted molar refractivity (Wildman–Crippen MR) is 82.1 cm³/mol. The first-order chi connectivity index (χ1) is 9.41. The van der Waals surface area contributed by atoms with Crippen molar-refractivity contribution in [3.63, 3.8) is 0 Å². The lowest BCUT2D eigenvalue weighted by atomic mass is 9.65. The normalized spacial score (nSPS) is 27.6. The minimum Gasteiger partial charge on any atom is -0.493 e. The lowest BCUT2D eigenvalue weighted by Crippen LogP contribution is -2.48. The Morgan fingerprint density at radius 2 is 2.10 bits per heavy atom. The second kappa shape index (κ2) is 5.76. The van der Waals surface area contributed by atoms with E-state index in [2.05, 4.69) is 38.2 Å². The molecule has 20 heavy (non-hydrogen) atoms. The molecule has 1 aliphatic rings. The van der Waals surface area contributed by atoms with E-state index in [1.165, 1.54) is 25.0 Å². The predicted octanol–water partition coefficient (Wildman–Crippen LogP) is 2.73. The van der Waals surface area contributed by atoms with Gasteiger partial charge in [0.15, 0.2) is 5.75 Å². The van der Waals surface area contributed by atoms with Crippen LogP contribution in [0.4, 0.5) is 0 Å². The van der Waals surface area contributed by atoms with Crippen LogP contribution in [0.2, 0.25) is 0 Å². The summed E-state index contributed by atoms with van der Waals surface area (Å²) >= 11 is 0. The Balaban J connectivity index is 2.35. The van der Waals surface area contributed by atoms with Crippen LogP contribution in [0.25, 0.3) is 0 Å². The highest BCUT2D eigenvalue weighted by atomic mass is 16.5. The van der Waals surface area contributed by atoms with Crippen LogP contribution in [0.5, 0.6) is 5.75 Å². The summed E-state index contributed by atoms with van der Waals surface area (Å²) in [4.78, 5) is 0. The van der Waals surface area contributed by atoms with Gasteiger partial charge < -0.3 is 10.1 Å². The van der Waals surface area contributed by atoms with Crippen molar-refractivity contribution in [2.24, 2.45) is 18.9 Å². The zero-order valence-electron chi connectivity index (χ0n) is 13.7. The fourth-order valence-corrected chi connectivity index (χ4v) is 4.04. The van der Waals surface area contributed by atoms with Gasteiger partial charge in [-0.25, -0.2) is 0 Å². The molecule has 4 nitrogen and oxygen atoms in total. The molecule has 3 unspecified atom stereocenters. The highest BCUT2D eigenvalue weighted by Gasteiger charge is 2.42. The van der Waals surface area contributed by atoms with Gasteiger partial charge in [-0.15, -0.1) is 0 Å². The summed E-state index contributed by atoms with van der Waals surface area (Å²) in [5.74, 6) is 2.33. The first-order valence-electron chi connectivity index (χ1n) is 7.65. The van der Waals surface area contributed by atoms with Crippen molar-refractivity contribution in [2.45, 2.75) is 51.5 Å². The molecule has 3 atom stereocenters. The van der Waals surface area contributed by atoms with Crippen molar-refractivity contribution in [3.05, 3.63) is 11.9 Å². The number of hydrogen-bond acceptors (Lipinski definition) is 3. The third-order valence-electron chi connectivity index (χ3n) is 5.15. The van der Waals surface area contributed by atoms with Gasteiger partial charge >= 0.3 is 0 Å². The molecule has 2 rings (SSSR count). The zero-order valence-corrected chi connectivity index (χ0v) is 13.7. The molecule has 0 radical (unpaired) electrons. The molecular formula is C16H29N3O. The van der Waals surface area contributed by atoms with E-state index in [1.807, 2.05) is 17.9 Å². The van der Waals surface area contributed by atoms with Gasteiger partial charge in [0.05, 0.1) is 19.0 Å². The number of nitrogens with one attached hydrogen (secondary N) is 1. The number of rotatable bonds is 4. The molecule has 1 N–H and O–H groups in total. The maximum atomic E-state index is 5.53. The van der Waals surface area contributed by atoms with E-state index >= 15 is 0 Å². The van der Waals surface area contributed by atoms with Crippen LogP contribution in [0.1, 0.15) is 45.7 Å². The van der Waals surface area contributed by atoms with Gasteiger partial charge in [-0.2, -0.15) is 5.10 Å². The van der Waals surface area contributed by atoms with Crippen LogP contribution in [0, 0.1) is 11.8 Å².